The fraction of sp³-hybridized carbons (Fsp3) is 1.00. The van der Waals surface area contributed by atoms with E-state index in [0.717, 1.165) is 17.9 Å². The Labute approximate surface area is 96.2 Å². The van der Waals surface area contributed by atoms with Crippen LogP contribution in [0.3, 0.4) is 0 Å². The van der Waals surface area contributed by atoms with E-state index in [1.807, 2.05) is 0 Å². The summed E-state index contributed by atoms with van der Waals surface area (Å²) >= 11 is 0. The quantitative estimate of drug-likeness (QED) is 0.577. The number of hydrogen-bond donors (Lipinski definition) is 0. The minimum Gasteiger partial charge on any atom is -0.300 e. The lowest BCUT2D eigenvalue weighted by molar-refractivity contribution is 0.0330. The molecule has 1 unspecified atom stereocenters. The van der Waals surface area contributed by atoms with E-state index in [1.165, 1.54) is 45.2 Å². The lowest BCUT2D eigenvalue weighted by Crippen LogP contribution is -2.52. The molecule has 1 nitrogen and oxygen atoms in total. The highest BCUT2D eigenvalue weighted by molar-refractivity contribution is 4.85. The van der Waals surface area contributed by atoms with Crippen LogP contribution in [-0.2, 0) is 0 Å². The second-order valence-electron chi connectivity index (χ2n) is 5.63. The molecule has 0 bridgehead atoms. The number of likely N-dealkylation sites (tertiary alicyclic amines) is 1. The fourth-order valence-electron chi connectivity index (χ4n) is 2.46. The van der Waals surface area contributed by atoms with Gasteiger partial charge in [0.25, 0.3) is 0 Å². The molecule has 0 amide bonds. The molecule has 90 valence electrons. The van der Waals surface area contributed by atoms with Gasteiger partial charge in [0.2, 0.25) is 0 Å². The molecule has 1 fully saturated rings. The van der Waals surface area contributed by atoms with Gasteiger partial charge in [0.05, 0.1) is 0 Å². The Kier molecular flexibility index (Phi) is 5.66. The summed E-state index contributed by atoms with van der Waals surface area (Å²) in [4.78, 5) is 2.59. The Balaban J connectivity index is 2.02. The molecule has 0 aliphatic carbocycles. The fourth-order valence-corrected chi connectivity index (χ4v) is 2.46. The van der Waals surface area contributed by atoms with E-state index in [-0.39, 0.29) is 0 Å². The Morgan fingerprint density at radius 2 is 1.73 bits per heavy atom. The summed E-state index contributed by atoms with van der Waals surface area (Å²) in [6.07, 6.45) is 7.14. The van der Waals surface area contributed by atoms with Crippen LogP contribution < -0.4 is 0 Å². The molecule has 15 heavy (non-hydrogen) atoms. The Hall–Kier alpha value is -0.0400. The lowest BCUT2D eigenvalue weighted by atomic mass is 9.83. The first-order valence-corrected chi connectivity index (χ1v) is 6.89. The van der Waals surface area contributed by atoms with Crippen LogP contribution in [-0.4, -0.2) is 24.0 Å². The SMILES string of the molecule is CCCCCCC(C)C1CN(C(C)C)C1. The van der Waals surface area contributed by atoms with Crippen molar-refractivity contribution >= 4 is 0 Å². The zero-order valence-corrected chi connectivity index (χ0v) is 11.1. The highest BCUT2D eigenvalue weighted by Crippen LogP contribution is 2.28. The molecule has 0 aromatic carbocycles. The van der Waals surface area contributed by atoms with Crippen LogP contribution in [0.1, 0.15) is 59.8 Å². The minimum absolute atomic E-state index is 0.758. The van der Waals surface area contributed by atoms with Crippen LogP contribution in [0.2, 0.25) is 0 Å². The van der Waals surface area contributed by atoms with Crippen LogP contribution >= 0.6 is 0 Å². The average Bonchev–Trinajstić information content (AvgIpc) is 2.09. The first kappa shape index (κ1) is 13.0. The van der Waals surface area contributed by atoms with Crippen molar-refractivity contribution < 1.29 is 0 Å². The average molecular weight is 211 g/mol. The maximum absolute atomic E-state index is 2.59. The van der Waals surface area contributed by atoms with Crippen molar-refractivity contribution in [3.05, 3.63) is 0 Å². The van der Waals surface area contributed by atoms with Gasteiger partial charge in [0, 0.05) is 19.1 Å². The summed E-state index contributed by atoms with van der Waals surface area (Å²) < 4.78 is 0. The van der Waals surface area contributed by atoms with Gasteiger partial charge in [-0.25, -0.2) is 0 Å². The predicted octanol–water partition coefficient (Wildman–Crippen LogP) is 3.93. The number of unbranched alkanes of at least 4 members (excludes halogenated alkanes) is 3. The van der Waals surface area contributed by atoms with Gasteiger partial charge >= 0.3 is 0 Å². The van der Waals surface area contributed by atoms with Gasteiger partial charge in [-0.2, -0.15) is 0 Å². The molecule has 0 N–H and O–H groups in total. The van der Waals surface area contributed by atoms with Gasteiger partial charge in [-0.3, -0.25) is 0 Å². The van der Waals surface area contributed by atoms with Gasteiger partial charge in [-0.05, 0) is 25.7 Å². The molecule has 0 radical (unpaired) electrons. The standard InChI is InChI=1S/C14H29N/c1-5-6-7-8-9-13(4)14-10-15(11-14)12(2)3/h12-14H,5-11H2,1-4H3. The Morgan fingerprint density at radius 1 is 1.07 bits per heavy atom. The van der Waals surface area contributed by atoms with Crippen molar-refractivity contribution in [2.45, 2.75) is 65.8 Å². The van der Waals surface area contributed by atoms with E-state index in [9.17, 15) is 0 Å². The molecule has 1 aliphatic heterocycles. The molecule has 0 aromatic heterocycles. The molecule has 1 saturated heterocycles. The van der Waals surface area contributed by atoms with Crippen molar-refractivity contribution in [2.24, 2.45) is 11.8 Å². The second kappa shape index (κ2) is 6.52. The molecule has 1 atom stereocenters. The van der Waals surface area contributed by atoms with Gasteiger partial charge < -0.3 is 4.90 Å². The van der Waals surface area contributed by atoms with Crippen LogP contribution in [0.25, 0.3) is 0 Å². The van der Waals surface area contributed by atoms with Crippen LogP contribution in [0.15, 0.2) is 0 Å². The van der Waals surface area contributed by atoms with E-state index in [1.54, 1.807) is 0 Å². The highest BCUT2D eigenvalue weighted by atomic mass is 15.2. The van der Waals surface area contributed by atoms with Gasteiger partial charge in [0.15, 0.2) is 0 Å². The molecular formula is C14H29N. The van der Waals surface area contributed by atoms with Crippen molar-refractivity contribution in [1.82, 2.24) is 4.90 Å². The number of nitrogens with zero attached hydrogens (tertiary/aromatic N) is 1. The third kappa shape index (κ3) is 4.14. The van der Waals surface area contributed by atoms with Crippen LogP contribution in [0.4, 0.5) is 0 Å². The summed E-state index contributed by atoms with van der Waals surface area (Å²) in [7, 11) is 0. The molecular weight excluding hydrogens is 182 g/mol. The topological polar surface area (TPSA) is 3.24 Å². The van der Waals surface area contributed by atoms with E-state index in [4.69, 9.17) is 0 Å². The summed E-state index contributed by atoms with van der Waals surface area (Å²) in [5.41, 5.74) is 0. The van der Waals surface area contributed by atoms with Crippen molar-refractivity contribution in [3.63, 3.8) is 0 Å². The monoisotopic (exact) mass is 211 g/mol. The van der Waals surface area contributed by atoms with E-state index >= 15 is 0 Å². The van der Waals surface area contributed by atoms with E-state index < -0.39 is 0 Å². The maximum atomic E-state index is 2.59. The number of hydrogen-bond acceptors (Lipinski definition) is 1. The van der Waals surface area contributed by atoms with E-state index in [0.29, 0.717) is 0 Å². The van der Waals surface area contributed by atoms with Crippen molar-refractivity contribution in [2.75, 3.05) is 13.1 Å². The Bertz CT molecular complexity index is 159. The molecule has 0 spiro atoms. The van der Waals surface area contributed by atoms with Crippen LogP contribution in [0, 0.1) is 11.8 Å². The smallest absolute Gasteiger partial charge is 0.00388 e. The molecule has 1 heterocycles. The predicted molar refractivity (Wildman–Crippen MR) is 68.1 cm³/mol. The molecule has 0 saturated carbocycles. The summed E-state index contributed by atoms with van der Waals surface area (Å²) in [5, 5.41) is 0. The Morgan fingerprint density at radius 3 is 2.27 bits per heavy atom. The molecule has 1 heteroatoms. The lowest BCUT2D eigenvalue weighted by Gasteiger charge is -2.45. The zero-order chi connectivity index (χ0) is 11.3. The van der Waals surface area contributed by atoms with Gasteiger partial charge in [-0.15, -0.1) is 0 Å². The zero-order valence-electron chi connectivity index (χ0n) is 11.1. The molecule has 0 aromatic rings. The van der Waals surface area contributed by atoms with Gasteiger partial charge in [0.1, 0.15) is 0 Å². The number of rotatable bonds is 7. The summed E-state index contributed by atoms with van der Waals surface area (Å²) in [5.74, 6) is 1.95. The van der Waals surface area contributed by atoms with E-state index in [2.05, 4.69) is 32.6 Å². The van der Waals surface area contributed by atoms with Gasteiger partial charge in [-0.1, -0.05) is 46.0 Å². The van der Waals surface area contributed by atoms with Crippen LogP contribution in [0.5, 0.6) is 0 Å². The summed E-state index contributed by atoms with van der Waals surface area (Å²) in [6.45, 7) is 12.1. The second-order valence-corrected chi connectivity index (χ2v) is 5.63. The third-order valence-corrected chi connectivity index (χ3v) is 3.99. The summed E-state index contributed by atoms with van der Waals surface area (Å²) in [6, 6.07) is 0.758. The molecule has 1 aliphatic rings. The minimum atomic E-state index is 0.758. The molecule has 1 rings (SSSR count). The maximum Gasteiger partial charge on any atom is 0.00388 e. The first-order chi connectivity index (χ1) is 7.15. The largest absolute Gasteiger partial charge is 0.300 e. The van der Waals surface area contributed by atoms with Crippen molar-refractivity contribution in [1.29, 1.82) is 0 Å². The normalized spacial score (nSPS) is 20.6. The third-order valence-electron chi connectivity index (χ3n) is 3.99. The highest BCUT2D eigenvalue weighted by Gasteiger charge is 2.31. The first-order valence-electron chi connectivity index (χ1n) is 6.89. The van der Waals surface area contributed by atoms with Crippen molar-refractivity contribution in [3.8, 4) is 0 Å².